The van der Waals surface area contributed by atoms with Crippen LogP contribution in [-0.2, 0) is 11.3 Å². The maximum Gasteiger partial charge on any atom is 0.224 e. The molecule has 110 valence electrons. The van der Waals surface area contributed by atoms with Crippen LogP contribution in [0.25, 0.3) is 0 Å². The first-order chi connectivity index (χ1) is 10.2. The Morgan fingerprint density at radius 3 is 2.43 bits per heavy atom. The molecule has 0 aliphatic rings. The van der Waals surface area contributed by atoms with Crippen LogP contribution in [0.5, 0.6) is 0 Å². The maximum absolute atomic E-state index is 11.3. The summed E-state index contributed by atoms with van der Waals surface area (Å²) in [6, 6.07) is 12.2. The van der Waals surface area contributed by atoms with E-state index in [9.17, 15) is 4.79 Å². The van der Waals surface area contributed by atoms with E-state index in [0.717, 1.165) is 12.2 Å². The third kappa shape index (κ3) is 4.68. The van der Waals surface area contributed by atoms with E-state index in [2.05, 4.69) is 22.5 Å². The van der Waals surface area contributed by atoms with Crippen LogP contribution >= 0.6 is 0 Å². The van der Waals surface area contributed by atoms with Crippen LogP contribution in [0.3, 0.4) is 0 Å². The Morgan fingerprint density at radius 2 is 1.81 bits per heavy atom. The summed E-state index contributed by atoms with van der Waals surface area (Å²) in [6.45, 7) is 4.77. The van der Waals surface area contributed by atoms with Crippen LogP contribution in [0.1, 0.15) is 37.4 Å². The van der Waals surface area contributed by atoms with Crippen molar-refractivity contribution in [2.75, 3.05) is 5.32 Å². The van der Waals surface area contributed by atoms with Crippen molar-refractivity contribution in [2.24, 2.45) is 0 Å². The Labute approximate surface area is 125 Å². The summed E-state index contributed by atoms with van der Waals surface area (Å²) in [5, 5.41) is 6.32. The normalized spacial score (nSPS) is 11.9. The number of pyridine rings is 1. The van der Waals surface area contributed by atoms with E-state index in [0.29, 0.717) is 6.42 Å². The van der Waals surface area contributed by atoms with E-state index < -0.39 is 0 Å². The second-order valence-electron chi connectivity index (χ2n) is 4.98. The standard InChI is InChI=1S/C17H21N3O/c1-3-17(21)20-16-6-4-15(5-7-16)13(2)19-12-14-8-10-18-11-9-14/h4-11,13,19H,3,12H2,1-2H3,(H,20,21)/t13-/m0/s1. The first-order valence-electron chi connectivity index (χ1n) is 7.21. The van der Waals surface area contributed by atoms with E-state index in [4.69, 9.17) is 0 Å². The predicted molar refractivity (Wildman–Crippen MR) is 84.9 cm³/mol. The predicted octanol–water partition coefficient (Wildman–Crippen LogP) is 3.28. The van der Waals surface area contributed by atoms with Crippen molar-refractivity contribution in [2.45, 2.75) is 32.9 Å². The smallest absolute Gasteiger partial charge is 0.224 e. The van der Waals surface area contributed by atoms with Crippen LogP contribution in [0.15, 0.2) is 48.8 Å². The fourth-order valence-corrected chi connectivity index (χ4v) is 1.99. The van der Waals surface area contributed by atoms with Gasteiger partial charge in [0, 0.05) is 37.1 Å². The highest BCUT2D eigenvalue weighted by Crippen LogP contribution is 2.16. The van der Waals surface area contributed by atoms with Crippen LogP contribution in [0.4, 0.5) is 5.69 Å². The molecule has 0 fully saturated rings. The summed E-state index contributed by atoms with van der Waals surface area (Å²) in [6.07, 6.45) is 4.09. The molecule has 0 saturated heterocycles. The number of rotatable bonds is 6. The lowest BCUT2D eigenvalue weighted by atomic mass is 10.1. The quantitative estimate of drug-likeness (QED) is 0.855. The van der Waals surface area contributed by atoms with Crippen molar-refractivity contribution < 1.29 is 4.79 Å². The van der Waals surface area contributed by atoms with Crippen molar-refractivity contribution in [1.29, 1.82) is 0 Å². The van der Waals surface area contributed by atoms with Gasteiger partial charge in [0.05, 0.1) is 0 Å². The lowest BCUT2D eigenvalue weighted by molar-refractivity contribution is -0.115. The van der Waals surface area contributed by atoms with Gasteiger partial charge in [-0.15, -0.1) is 0 Å². The molecule has 1 aromatic carbocycles. The molecule has 1 heterocycles. The molecule has 4 heteroatoms. The lowest BCUT2D eigenvalue weighted by Crippen LogP contribution is -2.18. The van der Waals surface area contributed by atoms with Crippen molar-refractivity contribution >= 4 is 11.6 Å². The second kappa shape index (κ2) is 7.55. The molecular formula is C17H21N3O. The molecule has 4 nitrogen and oxygen atoms in total. The average molecular weight is 283 g/mol. The average Bonchev–Trinajstić information content (AvgIpc) is 2.54. The zero-order valence-electron chi connectivity index (χ0n) is 12.5. The Kier molecular flexibility index (Phi) is 5.46. The van der Waals surface area contributed by atoms with Crippen molar-refractivity contribution in [3.63, 3.8) is 0 Å². The summed E-state index contributed by atoms with van der Waals surface area (Å²) in [5.41, 5.74) is 3.24. The molecule has 1 aromatic heterocycles. The maximum atomic E-state index is 11.3. The van der Waals surface area contributed by atoms with Crippen molar-refractivity contribution in [3.8, 4) is 0 Å². The molecule has 21 heavy (non-hydrogen) atoms. The summed E-state index contributed by atoms with van der Waals surface area (Å²) >= 11 is 0. The monoisotopic (exact) mass is 283 g/mol. The van der Waals surface area contributed by atoms with Gasteiger partial charge >= 0.3 is 0 Å². The van der Waals surface area contributed by atoms with Crippen LogP contribution in [0.2, 0.25) is 0 Å². The third-order valence-corrected chi connectivity index (χ3v) is 3.38. The zero-order chi connectivity index (χ0) is 15.1. The largest absolute Gasteiger partial charge is 0.326 e. The molecule has 0 unspecified atom stereocenters. The number of aromatic nitrogens is 1. The molecule has 0 radical (unpaired) electrons. The minimum atomic E-state index is 0.0339. The Balaban J connectivity index is 1.90. The van der Waals surface area contributed by atoms with Crippen LogP contribution < -0.4 is 10.6 Å². The van der Waals surface area contributed by atoms with E-state index in [1.54, 1.807) is 12.4 Å². The topological polar surface area (TPSA) is 54.0 Å². The van der Waals surface area contributed by atoms with E-state index in [-0.39, 0.29) is 11.9 Å². The fourth-order valence-electron chi connectivity index (χ4n) is 1.99. The highest BCUT2D eigenvalue weighted by atomic mass is 16.1. The summed E-state index contributed by atoms with van der Waals surface area (Å²) in [7, 11) is 0. The van der Waals surface area contributed by atoms with Crippen molar-refractivity contribution in [1.82, 2.24) is 10.3 Å². The number of hydrogen-bond donors (Lipinski definition) is 2. The Bertz CT molecular complexity index is 566. The number of carbonyl (C=O) groups excluding carboxylic acids is 1. The molecule has 2 aromatic rings. The second-order valence-corrected chi connectivity index (χ2v) is 4.98. The van der Waals surface area contributed by atoms with Gasteiger partial charge in [0.25, 0.3) is 0 Å². The van der Waals surface area contributed by atoms with Gasteiger partial charge in [-0.05, 0) is 42.3 Å². The first kappa shape index (κ1) is 15.2. The molecule has 1 amide bonds. The van der Waals surface area contributed by atoms with Gasteiger partial charge in [0.15, 0.2) is 0 Å². The number of benzene rings is 1. The molecule has 0 aliphatic heterocycles. The minimum absolute atomic E-state index is 0.0339. The first-order valence-corrected chi connectivity index (χ1v) is 7.21. The number of nitrogens with one attached hydrogen (secondary N) is 2. The lowest BCUT2D eigenvalue weighted by Gasteiger charge is -2.15. The summed E-state index contributed by atoms with van der Waals surface area (Å²) in [5.74, 6) is 0.0339. The molecule has 0 bridgehead atoms. The van der Waals surface area contributed by atoms with Crippen molar-refractivity contribution in [3.05, 3.63) is 59.9 Å². The number of amides is 1. The number of hydrogen-bond acceptors (Lipinski definition) is 3. The van der Waals surface area contributed by atoms with Gasteiger partial charge in [-0.3, -0.25) is 9.78 Å². The molecule has 0 saturated carbocycles. The van der Waals surface area contributed by atoms with E-state index in [1.807, 2.05) is 43.3 Å². The van der Waals surface area contributed by atoms with Gasteiger partial charge in [0.1, 0.15) is 0 Å². The van der Waals surface area contributed by atoms with Gasteiger partial charge < -0.3 is 10.6 Å². The molecular weight excluding hydrogens is 262 g/mol. The number of nitrogens with zero attached hydrogens (tertiary/aromatic N) is 1. The highest BCUT2D eigenvalue weighted by molar-refractivity contribution is 5.90. The Morgan fingerprint density at radius 1 is 1.14 bits per heavy atom. The highest BCUT2D eigenvalue weighted by Gasteiger charge is 2.05. The SMILES string of the molecule is CCC(=O)Nc1ccc([C@H](C)NCc2ccncc2)cc1. The van der Waals surface area contributed by atoms with Crippen LogP contribution in [-0.4, -0.2) is 10.9 Å². The van der Waals surface area contributed by atoms with Gasteiger partial charge in [-0.25, -0.2) is 0 Å². The third-order valence-electron chi connectivity index (χ3n) is 3.38. The molecule has 0 spiro atoms. The number of carbonyl (C=O) groups is 1. The molecule has 1 atom stereocenters. The fraction of sp³-hybridized carbons (Fsp3) is 0.294. The van der Waals surface area contributed by atoms with Gasteiger partial charge in [-0.2, -0.15) is 0 Å². The summed E-state index contributed by atoms with van der Waals surface area (Å²) in [4.78, 5) is 15.3. The van der Waals surface area contributed by atoms with E-state index >= 15 is 0 Å². The van der Waals surface area contributed by atoms with Gasteiger partial charge in [0.2, 0.25) is 5.91 Å². The summed E-state index contributed by atoms with van der Waals surface area (Å²) < 4.78 is 0. The van der Waals surface area contributed by atoms with Crippen LogP contribution in [0, 0.1) is 0 Å². The van der Waals surface area contributed by atoms with Gasteiger partial charge in [-0.1, -0.05) is 19.1 Å². The minimum Gasteiger partial charge on any atom is -0.326 e. The number of anilines is 1. The zero-order valence-corrected chi connectivity index (χ0v) is 12.5. The molecule has 0 aliphatic carbocycles. The molecule has 2 rings (SSSR count). The molecule has 2 N–H and O–H groups in total. The Hall–Kier alpha value is -2.20. The van der Waals surface area contributed by atoms with E-state index in [1.165, 1.54) is 11.1 Å².